The Morgan fingerprint density at radius 2 is 1.95 bits per heavy atom. The summed E-state index contributed by atoms with van der Waals surface area (Å²) < 4.78 is 12.9. The van der Waals surface area contributed by atoms with Crippen molar-refractivity contribution in [2.75, 3.05) is 6.54 Å². The van der Waals surface area contributed by atoms with Crippen LogP contribution in [0.15, 0.2) is 36.9 Å². The fraction of sp³-hybridized carbons (Fsp3) is 0.500. The average molecular weight is 265 g/mol. The third-order valence-corrected chi connectivity index (χ3v) is 3.63. The van der Waals surface area contributed by atoms with E-state index >= 15 is 0 Å². The molecule has 0 heterocycles. The van der Waals surface area contributed by atoms with Gasteiger partial charge in [0.2, 0.25) is 0 Å². The maximum atomic E-state index is 12.9. The van der Waals surface area contributed by atoms with Crippen LogP contribution in [-0.2, 0) is 5.60 Å². The lowest BCUT2D eigenvalue weighted by Gasteiger charge is -2.28. The zero-order chi connectivity index (χ0) is 14.5. The van der Waals surface area contributed by atoms with Crippen molar-refractivity contribution in [2.24, 2.45) is 5.92 Å². The molecule has 3 heteroatoms. The summed E-state index contributed by atoms with van der Waals surface area (Å²) in [6, 6.07) is 6.26. The average Bonchev–Trinajstić information content (AvgIpc) is 2.37. The highest BCUT2D eigenvalue weighted by atomic mass is 19.1. The second-order valence-electron chi connectivity index (χ2n) is 5.45. The van der Waals surface area contributed by atoms with Gasteiger partial charge in [0.05, 0.1) is 5.60 Å². The molecule has 0 amide bonds. The lowest BCUT2D eigenvalue weighted by Crippen LogP contribution is -2.42. The van der Waals surface area contributed by atoms with Crippen LogP contribution in [0.4, 0.5) is 4.39 Å². The van der Waals surface area contributed by atoms with Crippen molar-refractivity contribution in [2.45, 2.75) is 38.8 Å². The molecule has 0 aromatic heterocycles. The van der Waals surface area contributed by atoms with E-state index < -0.39 is 5.60 Å². The van der Waals surface area contributed by atoms with E-state index in [1.807, 2.05) is 6.08 Å². The van der Waals surface area contributed by atoms with Crippen LogP contribution in [0.1, 0.15) is 32.8 Å². The second-order valence-corrected chi connectivity index (χ2v) is 5.45. The molecule has 0 aliphatic carbocycles. The first-order valence-electron chi connectivity index (χ1n) is 6.69. The Bertz CT molecular complexity index is 400. The first kappa shape index (κ1) is 15.9. The third-order valence-electron chi connectivity index (χ3n) is 3.63. The van der Waals surface area contributed by atoms with Crippen LogP contribution in [0.2, 0.25) is 0 Å². The van der Waals surface area contributed by atoms with E-state index in [1.54, 1.807) is 19.1 Å². The molecule has 3 unspecified atom stereocenters. The molecule has 1 rings (SSSR count). The monoisotopic (exact) mass is 265 g/mol. The molecule has 3 atom stereocenters. The van der Waals surface area contributed by atoms with Crippen LogP contribution >= 0.6 is 0 Å². The Balaban J connectivity index is 2.59. The van der Waals surface area contributed by atoms with Gasteiger partial charge in [0.25, 0.3) is 0 Å². The number of hydrogen-bond donors (Lipinski definition) is 2. The summed E-state index contributed by atoms with van der Waals surface area (Å²) in [4.78, 5) is 0. The highest BCUT2D eigenvalue weighted by Crippen LogP contribution is 2.20. The molecule has 19 heavy (non-hydrogen) atoms. The first-order valence-corrected chi connectivity index (χ1v) is 6.69. The summed E-state index contributed by atoms with van der Waals surface area (Å²) in [5.74, 6) is 0.169. The molecule has 0 aliphatic rings. The molecule has 106 valence electrons. The van der Waals surface area contributed by atoms with Crippen LogP contribution in [-0.4, -0.2) is 17.7 Å². The molecular weight excluding hydrogens is 241 g/mol. The van der Waals surface area contributed by atoms with Crippen LogP contribution in [0, 0.1) is 11.7 Å². The first-order chi connectivity index (χ1) is 8.86. The zero-order valence-electron chi connectivity index (χ0n) is 12.0. The van der Waals surface area contributed by atoms with Gasteiger partial charge in [-0.2, -0.15) is 0 Å². The largest absolute Gasteiger partial charge is 0.384 e. The number of aliphatic hydroxyl groups is 1. The Hall–Kier alpha value is -1.19. The van der Waals surface area contributed by atoms with E-state index in [0.717, 1.165) is 6.42 Å². The Kier molecular flexibility index (Phi) is 5.70. The van der Waals surface area contributed by atoms with E-state index in [9.17, 15) is 9.50 Å². The molecular formula is C16H24FNO. The fourth-order valence-electron chi connectivity index (χ4n) is 1.94. The quantitative estimate of drug-likeness (QED) is 0.742. The summed E-state index contributed by atoms with van der Waals surface area (Å²) in [5, 5.41) is 13.8. The molecule has 0 spiro atoms. The SMILES string of the molecule is C=CCC(C)C(C)NCC(C)(O)c1ccc(F)cc1. The van der Waals surface area contributed by atoms with E-state index in [4.69, 9.17) is 0 Å². The van der Waals surface area contributed by atoms with Gasteiger partial charge in [0.15, 0.2) is 0 Å². The minimum atomic E-state index is -1.00. The molecule has 2 nitrogen and oxygen atoms in total. The van der Waals surface area contributed by atoms with E-state index in [1.165, 1.54) is 12.1 Å². The van der Waals surface area contributed by atoms with Crippen LogP contribution in [0.25, 0.3) is 0 Å². The summed E-state index contributed by atoms with van der Waals surface area (Å²) in [5.41, 5.74) is -0.291. The lowest BCUT2D eigenvalue weighted by atomic mass is 9.94. The standard InChI is InChI=1S/C16H24FNO/c1-5-6-12(2)13(3)18-11-16(4,19)14-7-9-15(17)10-8-14/h5,7-10,12-13,18-19H,1,6,11H2,2-4H3. The fourth-order valence-corrected chi connectivity index (χ4v) is 1.94. The Labute approximate surface area is 115 Å². The topological polar surface area (TPSA) is 32.3 Å². The third kappa shape index (κ3) is 4.77. The number of rotatable bonds is 7. The minimum Gasteiger partial charge on any atom is -0.384 e. The van der Waals surface area contributed by atoms with Crippen LogP contribution in [0.5, 0.6) is 0 Å². The highest BCUT2D eigenvalue weighted by molar-refractivity contribution is 5.22. The van der Waals surface area contributed by atoms with Crippen molar-refractivity contribution in [3.8, 4) is 0 Å². The number of nitrogens with one attached hydrogen (secondary N) is 1. The van der Waals surface area contributed by atoms with Gasteiger partial charge in [0, 0.05) is 12.6 Å². The Morgan fingerprint density at radius 1 is 1.37 bits per heavy atom. The molecule has 0 radical (unpaired) electrons. The van der Waals surface area contributed by atoms with Gasteiger partial charge in [-0.25, -0.2) is 4.39 Å². The molecule has 0 aliphatic heterocycles. The predicted molar refractivity (Wildman–Crippen MR) is 77.4 cm³/mol. The van der Waals surface area contributed by atoms with Gasteiger partial charge in [-0.05, 0) is 43.9 Å². The summed E-state index contributed by atoms with van der Waals surface area (Å²) in [6.07, 6.45) is 2.84. The van der Waals surface area contributed by atoms with Gasteiger partial charge in [-0.15, -0.1) is 6.58 Å². The van der Waals surface area contributed by atoms with Crippen molar-refractivity contribution in [3.63, 3.8) is 0 Å². The lowest BCUT2D eigenvalue weighted by molar-refractivity contribution is 0.0524. The Morgan fingerprint density at radius 3 is 2.47 bits per heavy atom. The predicted octanol–water partition coefficient (Wildman–Crippen LogP) is 3.22. The number of allylic oxidation sites excluding steroid dienone is 1. The second kappa shape index (κ2) is 6.83. The van der Waals surface area contributed by atoms with E-state index in [0.29, 0.717) is 18.0 Å². The molecule has 0 saturated carbocycles. The van der Waals surface area contributed by atoms with Crippen molar-refractivity contribution in [3.05, 3.63) is 48.3 Å². The molecule has 0 bridgehead atoms. The van der Waals surface area contributed by atoms with Crippen molar-refractivity contribution in [1.29, 1.82) is 0 Å². The molecule has 1 aromatic carbocycles. The summed E-state index contributed by atoms with van der Waals surface area (Å²) in [6.45, 7) is 10.1. The molecule has 0 saturated heterocycles. The maximum Gasteiger partial charge on any atom is 0.123 e. The van der Waals surface area contributed by atoms with Gasteiger partial charge in [-0.1, -0.05) is 25.1 Å². The van der Waals surface area contributed by atoms with Crippen LogP contribution in [0.3, 0.4) is 0 Å². The number of benzene rings is 1. The maximum absolute atomic E-state index is 12.9. The molecule has 0 fully saturated rings. The van der Waals surface area contributed by atoms with Crippen molar-refractivity contribution >= 4 is 0 Å². The smallest absolute Gasteiger partial charge is 0.123 e. The zero-order valence-corrected chi connectivity index (χ0v) is 12.0. The minimum absolute atomic E-state index is 0.282. The van der Waals surface area contributed by atoms with Gasteiger partial charge in [0.1, 0.15) is 5.82 Å². The normalized spacial score (nSPS) is 17.5. The van der Waals surface area contributed by atoms with E-state index in [2.05, 4.69) is 25.7 Å². The number of hydrogen-bond acceptors (Lipinski definition) is 2. The van der Waals surface area contributed by atoms with Crippen LogP contribution < -0.4 is 5.32 Å². The summed E-state index contributed by atoms with van der Waals surface area (Å²) >= 11 is 0. The van der Waals surface area contributed by atoms with Crippen molar-refractivity contribution < 1.29 is 9.50 Å². The molecule has 2 N–H and O–H groups in total. The van der Waals surface area contributed by atoms with Crippen molar-refractivity contribution in [1.82, 2.24) is 5.32 Å². The van der Waals surface area contributed by atoms with E-state index in [-0.39, 0.29) is 11.9 Å². The summed E-state index contributed by atoms with van der Waals surface area (Å²) in [7, 11) is 0. The highest BCUT2D eigenvalue weighted by Gasteiger charge is 2.24. The molecule has 1 aromatic rings. The van der Waals surface area contributed by atoms with Gasteiger partial charge in [-0.3, -0.25) is 0 Å². The van der Waals surface area contributed by atoms with Gasteiger partial charge < -0.3 is 10.4 Å². The van der Waals surface area contributed by atoms with Gasteiger partial charge >= 0.3 is 0 Å². The number of halogens is 1.